The standard InChI is InChI=1S/C18H23NO6S/c1-12(13-6-8-15(23-3)17(10-13)25-5)19-26(20,21)18-11-14(22-2)7-9-16(18)24-4/h6-12,19H,1-5H3. The van der Waals surface area contributed by atoms with E-state index in [1.54, 1.807) is 44.4 Å². The second-order valence-corrected chi connectivity index (χ2v) is 7.16. The van der Waals surface area contributed by atoms with Gasteiger partial charge < -0.3 is 18.9 Å². The van der Waals surface area contributed by atoms with Crippen LogP contribution < -0.4 is 23.7 Å². The lowest BCUT2D eigenvalue weighted by Crippen LogP contribution is -2.27. The van der Waals surface area contributed by atoms with Gasteiger partial charge in [0.1, 0.15) is 16.4 Å². The molecule has 0 aromatic heterocycles. The van der Waals surface area contributed by atoms with E-state index in [1.807, 2.05) is 0 Å². The Balaban J connectivity index is 2.35. The molecule has 2 aromatic rings. The Morgan fingerprint density at radius 1 is 0.808 bits per heavy atom. The molecule has 0 aliphatic heterocycles. The molecule has 0 bridgehead atoms. The van der Waals surface area contributed by atoms with Crippen LogP contribution in [0.25, 0.3) is 0 Å². The summed E-state index contributed by atoms with van der Waals surface area (Å²) in [5.74, 6) is 1.75. The maximum atomic E-state index is 12.8. The lowest BCUT2D eigenvalue weighted by molar-refractivity contribution is 0.354. The molecule has 0 spiro atoms. The van der Waals surface area contributed by atoms with Crippen LogP contribution in [-0.4, -0.2) is 36.9 Å². The molecule has 1 atom stereocenters. The van der Waals surface area contributed by atoms with Gasteiger partial charge in [-0.25, -0.2) is 13.1 Å². The predicted octanol–water partition coefficient (Wildman–Crippen LogP) is 2.76. The van der Waals surface area contributed by atoms with Crippen LogP contribution in [0, 0.1) is 0 Å². The molecule has 1 unspecified atom stereocenters. The molecule has 0 heterocycles. The summed E-state index contributed by atoms with van der Waals surface area (Å²) in [6.07, 6.45) is 0. The molecule has 2 rings (SSSR count). The number of ether oxygens (including phenoxy) is 4. The molecule has 26 heavy (non-hydrogen) atoms. The van der Waals surface area contributed by atoms with E-state index in [4.69, 9.17) is 18.9 Å². The van der Waals surface area contributed by atoms with E-state index in [-0.39, 0.29) is 10.6 Å². The number of benzene rings is 2. The highest BCUT2D eigenvalue weighted by Gasteiger charge is 2.24. The van der Waals surface area contributed by atoms with Gasteiger partial charge in [0, 0.05) is 12.1 Å². The van der Waals surface area contributed by atoms with Gasteiger partial charge in [-0.2, -0.15) is 0 Å². The molecule has 7 nitrogen and oxygen atoms in total. The fourth-order valence-corrected chi connectivity index (χ4v) is 3.90. The number of hydrogen-bond acceptors (Lipinski definition) is 6. The monoisotopic (exact) mass is 381 g/mol. The Morgan fingerprint density at radius 2 is 1.42 bits per heavy atom. The van der Waals surface area contributed by atoms with Crippen molar-refractivity contribution in [2.24, 2.45) is 0 Å². The van der Waals surface area contributed by atoms with E-state index in [1.165, 1.54) is 27.4 Å². The van der Waals surface area contributed by atoms with Crippen LogP contribution in [0.1, 0.15) is 18.5 Å². The third-order valence-corrected chi connectivity index (χ3v) is 5.46. The number of hydrogen-bond donors (Lipinski definition) is 1. The van der Waals surface area contributed by atoms with Gasteiger partial charge in [0.25, 0.3) is 0 Å². The smallest absolute Gasteiger partial charge is 0.244 e. The van der Waals surface area contributed by atoms with Crippen LogP contribution in [0.5, 0.6) is 23.0 Å². The minimum Gasteiger partial charge on any atom is -0.497 e. The Labute approximate surface area is 153 Å². The zero-order valence-corrected chi connectivity index (χ0v) is 16.2. The van der Waals surface area contributed by atoms with Gasteiger partial charge in [-0.05, 0) is 36.8 Å². The summed E-state index contributed by atoms with van der Waals surface area (Å²) in [4.78, 5) is 0.00618. The molecule has 0 radical (unpaired) electrons. The summed E-state index contributed by atoms with van der Waals surface area (Å²) in [6, 6.07) is 9.33. The summed E-state index contributed by atoms with van der Waals surface area (Å²) in [5.41, 5.74) is 0.730. The zero-order chi connectivity index (χ0) is 19.3. The molecule has 0 saturated carbocycles. The summed E-state index contributed by atoms with van der Waals surface area (Å²) in [5, 5.41) is 0. The van der Waals surface area contributed by atoms with E-state index in [0.29, 0.717) is 17.2 Å². The molecule has 142 valence electrons. The Hall–Kier alpha value is -2.45. The normalized spacial score (nSPS) is 12.3. The van der Waals surface area contributed by atoms with Crippen LogP contribution in [-0.2, 0) is 10.0 Å². The first-order chi connectivity index (χ1) is 12.4. The van der Waals surface area contributed by atoms with Crippen LogP contribution in [0.2, 0.25) is 0 Å². The Bertz CT molecular complexity index is 866. The third-order valence-electron chi connectivity index (χ3n) is 3.90. The molecule has 0 fully saturated rings. The molecule has 8 heteroatoms. The minimum absolute atomic E-state index is 0.00618. The summed E-state index contributed by atoms with van der Waals surface area (Å²) < 4.78 is 49.1. The van der Waals surface area contributed by atoms with Crippen LogP contribution in [0.4, 0.5) is 0 Å². The van der Waals surface area contributed by atoms with Gasteiger partial charge in [0.15, 0.2) is 11.5 Å². The van der Waals surface area contributed by atoms with Crippen molar-refractivity contribution in [1.82, 2.24) is 4.72 Å². The van der Waals surface area contributed by atoms with Crippen molar-refractivity contribution in [3.8, 4) is 23.0 Å². The first kappa shape index (κ1) is 19.9. The average molecular weight is 381 g/mol. The van der Waals surface area contributed by atoms with Gasteiger partial charge in [-0.15, -0.1) is 0 Å². The SMILES string of the molecule is COc1ccc(OC)c(S(=O)(=O)NC(C)c2ccc(OC)c(OC)c2)c1. The lowest BCUT2D eigenvalue weighted by atomic mass is 10.1. The Kier molecular flexibility index (Phi) is 6.33. The largest absolute Gasteiger partial charge is 0.497 e. The second-order valence-electron chi connectivity index (χ2n) is 5.47. The van der Waals surface area contributed by atoms with Gasteiger partial charge in [0.05, 0.1) is 28.4 Å². The number of methoxy groups -OCH3 is 4. The highest BCUT2D eigenvalue weighted by atomic mass is 32.2. The minimum atomic E-state index is -3.85. The van der Waals surface area contributed by atoms with E-state index < -0.39 is 16.1 Å². The molecule has 0 aliphatic carbocycles. The zero-order valence-electron chi connectivity index (χ0n) is 15.4. The van der Waals surface area contributed by atoms with E-state index >= 15 is 0 Å². The van der Waals surface area contributed by atoms with Crippen molar-refractivity contribution in [1.29, 1.82) is 0 Å². The highest BCUT2D eigenvalue weighted by molar-refractivity contribution is 7.89. The van der Waals surface area contributed by atoms with Gasteiger partial charge >= 0.3 is 0 Å². The number of rotatable bonds is 8. The molecular weight excluding hydrogens is 358 g/mol. The Morgan fingerprint density at radius 3 is 2.00 bits per heavy atom. The maximum absolute atomic E-state index is 12.8. The van der Waals surface area contributed by atoms with Gasteiger partial charge in [-0.1, -0.05) is 6.07 Å². The van der Waals surface area contributed by atoms with Crippen LogP contribution in [0.3, 0.4) is 0 Å². The van der Waals surface area contributed by atoms with Crippen molar-refractivity contribution in [3.63, 3.8) is 0 Å². The molecule has 0 aliphatic rings. The molecular formula is C18H23NO6S. The quantitative estimate of drug-likeness (QED) is 0.757. The average Bonchev–Trinajstić information content (AvgIpc) is 2.66. The van der Waals surface area contributed by atoms with Crippen molar-refractivity contribution in [2.45, 2.75) is 17.9 Å². The molecule has 1 N–H and O–H groups in total. The first-order valence-corrected chi connectivity index (χ1v) is 9.31. The number of sulfonamides is 1. The maximum Gasteiger partial charge on any atom is 0.244 e. The second kappa shape index (κ2) is 8.29. The molecule has 0 amide bonds. The van der Waals surface area contributed by atoms with Gasteiger partial charge in [0.2, 0.25) is 10.0 Å². The van der Waals surface area contributed by atoms with Crippen molar-refractivity contribution >= 4 is 10.0 Å². The molecule has 2 aromatic carbocycles. The lowest BCUT2D eigenvalue weighted by Gasteiger charge is -2.18. The summed E-state index contributed by atoms with van der Waals surface area (Å²) >= 11 is 0. The van der Waals surface area contributed by atoms with E-state index in [0.717, 1.165) is 5.56 Å². The van der Waals surface area contributed by atoms with Crippen molar-refractivity contribution in [2.75, 3.05) is 28.4 Å². The summed E-state index contributed by atoms with van der Waals surface area (Å²) in [7, 11) is 2.11. The van der Waals surface area contributed by atoms with Crippen molar-refractivity contribution < 1.29 is 27.4 Å². The van der Waals surface area contributed by atoms with Crippen molar-refractivity contribution in [3.05, 3.63) is 42.0 Å². The van der Waals surface area contributed by atoms with Gasteiger partial charge in [-0.3, -0.25) is 0 Å². The summed E-state index contributed by atoms with van der Waals surface area (Å²) in [6.45, 7) is 1.74. The number of nitrogens with one attached hydrogen (secondary N) is 1. The topological polar surface area (TPSA) is 83.1 Å². The fourth-order valence-electron chi connectivity index (χ4n) is 2.48. The fraction of sp³-hybridized carbons (Fsp3) is 0.333. The van der Waals surface area contributed by atoms with Crippen LogP contribution in [0.15, 0.2) is 41.3 Å². The van der Waals surface area contributed by atoms with E-state index in [2.05, 4.69) is 4.72 Å². The van der Waals surface area contributed by atoms with Crippen LogP contribution >= 0.6 is 0 Å². The first-order valence-electron chi connectivity index (χ1n) is 7.82. The predicted molar refractivity (Wildman–Crippen MR) is 97.8 cm³/mol. The molecule has 0 saturated heterocycles. The third kappa shape index (κ3) is 4.20. The highest BCUT2D eigenvalue weighted by Crippen LogP contribution is 2.32. The van der Waals surface area contributed by atoms with E-state index in [9.17, 15) is 8.42 Å².